The summed E-state index contributed by atoms with van der Waals surface area (Å²) >= 11 is 0. The number of carbonyl (C=O) groups excluding carboxylic acids is 2. The number of aliphatic hydroxyl groups is 3. The lowest BCUT2D eigenvalue weighted by atomic mass is 9.92. The summed E-state index contributed by atoms with van der Waals surface area (Å²) in [6, 6.07) is 1.47. The average Bonchev–Trinajstić information content (AvgIpc) is 2.84. The molecular weight excluding hydrogens is 472 g/mol. The lowest BCUT2D eigenvalue weighted by Crippen LogP contribution is -2.60. The molecule has 10 nitrogen and oxygen atoms in total. The maximum atomic E-state index is 13.0. The van der Waals surface area contributed by atoms with E-state index in [2.05, 4.69) is 0 Å². The molecule has 1 fully saturated rings. The Labute approximate surface area is 209 Å². The standard InChI is InChI=1S/C26H32O10/c1-5-6-7-8-9-10-16-11-17-14(2)18(32-4)12-19(21(17)25(31)34-16)35-26-24(30)23(29)22(28)20(36-26)13-33-15(3)27/h5-10,12,16,20,22-24,26,28-30H,11,13H2,1-4H3/t16-,20-,22-,23+,24-,26-/m1/s1. The normalized spacial score (nSPS) is 28.4. The molecule has 1 aromatic rings. The zero-order valence-corrected chi connectivity index (χ0v) is 20.6. The van der Waals surface area contributed by atoms with Gasteiger partial charge in [-0.3, -0.25) is 4.79 Å². The van der Waals surface area contributed by atoms with E-state index in [4.69, 9.17) is 23.7 Å². The van der Waals surface area contributed by atoms with Gasteiger partial charge in [0.15, 0.2) is 0 Å². The zero-order chi connectivity index (χ0) is 26.4. The van der Waals surface area contributed by atoms with Gasteiger partial charge in [0.2, 0.25) is 6.29 Å². The van der Waals surface area contributed by atoms with E-state index in [1.54, 1.807) is 12.2 Å². The van der Waals surface area contributed by atoms with Gasteiger partial charge in [-0.05, 0) is 31.1 Å². The third-order valence-electron chi connectivity index (χ3n) is 5.93. The number of methoxy groups -OCH3 is 1. The minimum Gasteiger partial charge on any atom is -0.496 e. The molecule has 0 aromatic heterocycles. The second-order valence-electron chi connectivity index (χ2n) is 8.43. The highest BCUT2D eigenvalue weighted by atomic mass is 16.7. The van der Waals surface area contributed by atoms with E-state index < -0.39 is 48.7 Å². The van der Waals surface area contributed by atoms with Crippen molar-refractivity contribution in [2.45, 2.75) is 64.0 Å². The van der Waals surface area contributed by atoms with Gasteiger partial charge in [-0.2, -0.15) is 0 Å². The SMILES string of the molecule is CC=CC=CC=C[C@@H]1Cc2c(C)c(OC)cc(O[C@@H]3O[C@H](COC(C)=O)[C@@H](O)[C@H](O)[C@H]3O)c2C(=O)O1. The van der Waals surface area contributed by atoms with Crippen LogP contribution in [0.3, 0.4) is 0 Å². The number of esters is 2. The van der Waals surface area contributed by atoms with Crippen LogP contribution in [0.1, 0.15) is 35.3 Å². The van der Waals surface area contributed by atoms with Crippen molar-refractivity contribution >= 4 is 11.9 Å². The van der Waals surface area contributed by atoms with Crippen LogP contribution in [-0.4, -0.2) is 77.8 Å². The summed E-state index contributed by atoms with van der Waals surface area (Å²) in [5.74, 6) is -0.778. The molecule has 0 spiro atoms. The van der Waals surface area contributed by atoms with Crippen molar-refractivity contribution in [3.63, 3.8) is 0 Å². The molecule has 0 bridgehead atoms. The first-order valence-electron chi connectivity index (χ1n) is 11.5. The molecule has 6 atom stereocenters. The number of carbonyl (C=O) groups is 2. The Bertz CT molecular complexity index is 1040. The van der Waals surface area contributed by atoms with Crippen molar-refractivity contribution in [1.29, 1.82) is 0 Å². The van der Waals surface area contributed by atoms with Crippen LogP contribution in [0.15, 0.2) is 42.5 Å². The number of hydrogen-bond donors (Lipinski definition) is 3. The molecule has 196 valence electrons. The minimum absolute atomic E-state index is 0.0201. The largest absolute Gasteiger partial charge is 0.496 e. The second-order valence-corrected chi connectivity index (χ2v) is 8.43. The van der Waals surface area contributed by atoms with Gasteiger partial charge in [0.05, 0.1) is 7.11 Å². The number of hydrogen-bond acceptors (Lipinski definition) is 10. The molecule has 1 aromatic carbocycles. The smallest absolute Gasteiger partial charge is 0.342 e. The Morgan fingerprint density at radius 3 is 2.50 bits per heavy atom. The predicted octanol–water partition coefficient (Wildman–Crippen LogP) is 1.52. The van der Waals surface area contributed by atoms with Gasteiger partial charge >= 0.3 is 11.9 Å². The van der Waals surface area contributed by atoms with E-state index >= 15 is 0 Å². The van der Waals surface area contributed by atoms with Gasteiger partial charge in [0.25, 0.3) is 0 Å². The number of benzene rings is 1. The van der Waals surface area contributed by atoms with Gasteiger partial charge in [0, 0.05) is 19.4 Å². The molecule has 10 heteroatoms. The highest BCUT2D eigenvalue weighted by Gasteiger charge is 2.46. The fraction of sp³-hybridized carbons (Fsp3) is 0.462. The number of fused-ring (bicyclic) bond motifs is 1. The summed E-state index contributed by atoms with van der Waals surface area (Å²) in [5, 5.41) is 31.0. The van der Waals surface area contributed by atoms with E-state index in [1.165, 1.54) is 20.1 Å². The van der Waals surface area contributed by atoms with Crippen molar-refractivity contribution in [2.24, 2.45) is 0 Å². The van der Waals surface area contributed by atoms with Crippen LogP contribution in [0, 0.1) is 6.92 Å². The van der Waals surface area contributed by atoms with Crippen molar-refractivity contribution in [1.82, 2.24) is 0 Å². The summed E-state index contributed by atoms with van der Waals surface area (Å²) in [4.78, 5) is 24.2. The lowest BCUT2D eigenvalue weighted by molar-refractivity contribution is -0.278. The first-order chi connectivity index (χ1) is 17.2. The molecule has 2 heterocycles. The van der Waals surface area contributed by atoms with E-state index in [1.807, 2.05) is 38.2 Å². The molecule has 0 amide bonds. The summed E-state index contributed by atoms with van der Waals surface area (Å²) in [6.45, 7) is 4.54. The quantitative estimate of drug-likeness (QED) is 0.352. The minimum atomic E-state index is -1.66. The highest BCUT2D eigenvalue weighted by Crippen LogP contribution is 2.39. The summed E-state index contributed by atoms with van der Waals surface area (Å²) in [5.41, 5.74) is 1.53. The monoisotopic (exact) mass is 504 g/mol. The van der Waals surface area contributed by atoms with Gasteiger partial charge in [-0.15, -0.1) is 0 Å². The Kier molecular flexibility index (Phi) is 9.27. The van der Waals surface area contributed by atoms with Crippen molar-refractivity contribution < 1.29 is 48.6 Å². The molecule has 36 heavy (non-hydrogen) atoms. The highest BCUT2D eigenvalue weighted by molar-refractivity contribution is 5.96. The van der Waals surface area contributed by atoms with Crippen LogP contribution >= 0.6 is 0 Å². The third kappa shape index (κ3) is 6.14. The fourth-order valence-corrected chi connectivity index (χ4v) is 4.02. The molecule has 3 rings (SSSR count). The topological polar surface area (TPSA) is 141 Å². The Balaban J connectivity index is 1.90. The van der Waals surface area contributed by atoms with E-state index in [9.17, 15) is 24.9 Å². The van der Waals surface area contributed by atoms with E-state index in [0.717, 1.165) is 5.56 Å². The Morgan fingerprint density at radius 1 is 1.11 bits per heavy atom. The molecule has 3 N–H and O–H groups in total. The second kappa shape index (κ2) is 12.2. The number of cyclic esters (lactones) is 1. The van der Waals surface area contributed by atoms with Gasteiger partial charge in [0.1, 0.15) is 54.2 Å². The maximum Gasteiger partial charge on any atom is 0.342 e. The maximum absolute atomic E-state index is 13.0. The van der Waals surface area contributed by atoms with Crippen molar-refractivity contribution in [3.8, 4) is 11.5 Å². The molecule has 2 aliphatic heterocycles. The molecule has 1 saturated heterocycles. The van der Waals surface area contributed by atoms with Crippen LogP contribution in [-0.2, 0) is 25.4 Å². The van der Waals surface area contributed by atoms with Crippen molar-refractivity contribution in [3.05, 3.63) is 59.2 Å². The molecule has 0 radical (unpaired) electrons. The van der Waals surface area contributed by atoms with Crippen LogP contribution in [0.4, 0.5) is 0 Å². The fourth-order valence-electron chi connectivity index (χ4n) is 4.02. The molecule has 0 saturated carbocycles. The van der Waals surface area contributed by atoms with Gasteiger partial charge in [-0.1, -0.05) is 30.4 Å². The van der Waals surface area contributed by atoms with Gasteiger partial charge < -0.3 is 39.0 Å². The van der Waals surface area contributed by atoms with Crippen LogP contribution in [0.25, 0.3) is 0 Å². The number of rotatable bonds is 8. The van der Waals surface area contributed by atoms with Crippen LogP contribution in [0.5, 0.6) is 11.5 Å². The molecule has 0 unspecified atom stereocenters. The number of aliphatic hydroxyl groups excluding tert-OH is 3. The Morgan fingerprint density at radius 2 is 1.83 bits per heavy atom. The van der Waals surface area contributed by atoms with Crippen LogP contribution in [0.2, 0.25) is 0 Å². The van der Waals surface area contributed by atoms with Crippen LogP contribution < -0.4 is 9.47 Å². The average molecular weight is 505 g/mol. The zero-order valence-electron chi connectivity index (χ0n) is 20.6. The van der Waals surface area contributed by atoms with E-state index in [0.29, 0.717) is 17.7 Å². The summed E-state index contributed by atoms with van der Waals surface area (Å²) in [6.07, 6.45) is 3.36. The van der Waals surface area contributed by atoms with Crippen molar-refractivity contribution in [2.75, 3.05) is 13.7 Å². The third-order valence-corrected chi connectivity index (χ3v) is 5.93. The van der Waals surface area contributed by atoms with Gasteiger partial charge in [-0.25, -0.2) is 4.79 Å². The Hall–Kier alpha value is -3.18. The predicted molar refractivity (Wildman–Crippen MR) is 128 cm³/mol. The molecule has 2 aliphatic rings. The molecular formula is C26H32O10. The number of ether oxygens (including phenoxy) is 5. The number of allylic oxidation sites excluding steroid dienone is 5. The summed E-state index contributed by atoms with van der Waals surface area (Å²) < 4.78 is 27.4. The molecule has 0 aliphatic carbocycles. The lowest BCUT2D eigenvalue weighted by Gasteiger charge is -2.40. The first kappa shape index (κ1) is 27.4. The summed E-state index contributed by atoms with van der Waals surface area (Å²) in [7, 11) is 1.48. The first-order valence-corrected chi connectivity index (χ1v) is 11.5. The van der Waals surface area contributed by atoms with E-state index in [-0.39, 0.29) is 17.9 Å².